The average Bonchev–Trinajstić information content (AvgIpc) is 3.21. The number of carbonyl (C=O) groups is 1. The highest BCUT2D eigenvalue weighted by molar-refractivity contribution is 7.13. The molecule has 5 nitrogen and oxygen atoms in total. The Balaban J connectivity index is 1.66. The number of ether oxygens (including phenoxy) is 1. The third-order valence-corrected chi connectivity index (χ3v) is 4.94. The number of likely N-dealkylation sites (tertiary alicyclic amines) is 1. The second-order valence-electron chi connectivity index (χ2n) is 5.70. The predicted molar refractivity (Wildman–Crippen MR) is 91.5 cm³/mol. The first-order valence-corrected chi connectivity index (χ1v) is 8.68. The molecule has 2 N–H and O–H groups in total. The van der Waals surface area contributed by atoms with Crippen LogP contribution < -0.4 is 10.5 Å². The highest BCUT2D eigenvalue weighted by Crippen LogP contribution is 2.34. The van der Waals surface area contributed by atoms with E-state index >= 15 is 0 Å². The first-order valence-electron chi connectivity index (χ1n) is 7.80. The van der Waals surface area contributed by atoms with Gasteiger partial charge in [0.1, 0.15) is 5.75 Å². The van der Waals surface area contributed by atoms with Crippen molar-refractivity contribution in [2.75, 3.05) is 19.4 Å². The van der Waals surface area contributed by atoms with Crippen molar-refractivity contribution in [1.29, 1.82) is 0 Å². The molecule has 23 heavy (non-hydrogen) atoms. The molecule has 1 fully saturated rings. The van der Waals surface area contributed by atoms with Gasteiger partial charge in [0, 0.05) is 18.3 Å². The van der Waals surface area contributed by atoms with E-state index < -0.39 is 0 Å². The molecule has 1 atom stereocenters. The van der Waals surface area contributed by atoms with Crippen LogP contribution in [0.2, 0.25) is 0 Å². The lowest BCUT2D eigenvalue weighted by Crippen LogP contribution is -2.30. The van der Waals surface area contributed by atoms with Crippen molar-refractivity contribution in [3.63, 3.8) is 0 Å². The summed E-state index contributed by atoms with van der Waals surface area (Å²) in [6.45, 7) is 0.819. The van der Waals surface area contributed by atoms with Gasteiger partial charge in [0.25, 0.3) is 0 Å². The quantitative estimate of drug-likeness (QED) is 0.914. The Hall–Kier alpha value is -2.08. The van der Waals surface area contributed by atoms with Gasteiger partial charge in [0.05, 0.1) is 18.8 Å². The first-order chi connectivity index (χ1) is 11.2. The van der Waals surface area contributed by atoms with E-state index in [0.29, 0.717) is 18.0 Å². The number of nitrogens with zero attached hydrogens (tertiary/aromatic N) is 2. The van der Waals surface area contributed by atoms with Gasteiger partial charge in [-0.3, -0.25) is 4.79 Å². The van der Waals surface area contributed by atoms with E-state index in [9.17, 15) is 4.79 Å². The molecule has 0 radical (unpaired) electrons. The molecule has 0 bridgehead atoms. The summed E-state index contributed by atoms with van der Waals surface area (Å²) in [5.41, 5.74) is 7.68. The molecule has 1 aliphatic heterocycles. The number of aromatic nitrogens is 1. The lowest BCUT2D eigenvalue weighted by molar-refractivity contribution is -0.132. The molecule has 6 heteroatoms. The van der Waals surface area contributed by atoms with E-state index in [4.69, 9.17) is 10.5 Å². The van der Waals surface area contributed by atoms with Crippen LogP contribution >= 0.6 is 11.3 Å². The van der Waals surface area contributed by atoms with E-state index in [2.05, 4.69) is 11.1 Å². The van der Waals surface area contributed by atoms with Crippen molar-refractivity contribution in [2.24, 2.45) is 0 Å². The number of nitrogens with two attached hydrogens (primary N) is 1. The number of rotatable bonds is 5. The van der Waals surface area contributed by atoms with Gasteiger partial charge >= 0.3 is 0 Å². The zero-order chi connectivity index (χ0) is 16.2. The van der Waals surface area contributed by atoms with Crippen LogP contribution in [-0.4, -0.2) is 29.4 Å². The van der Waals surface area contributed by atoms with Crippen LogP contribution in [0.15, 0.2) is 29.6 Å². The van der Waals surface area contributed by atoms with Crippen molar-refractivity contribution in [3.05, 3.63) is 40.9 Å². The van der Waals surface area contributed by atoms with E-state index in [1.807, 2.05) is 28.5 Å². The minimum atomic E-state index is 0.151. The lowest BCUT2D eigenvalue weighted by Gasteiger charge is -2.25. The van der Waals surface area contributed by atoms with Crippen LogP contribution in [0.3, 0.4) is 0 Å². The highest BCUT2D eigenvalue weighted by Gasteiger charge is 2.29. The molecule has 2 heterocycles. The maximum Gasteiger partial charge on any atom is 0.223 e. The zero-order valence-electron chi connectivity index (χ0n) is 13.2. The van der Waals surface area contributed by atoms with Crippen LogP contribution in [0.25, 0.3) is 0 Å². The molecule has 2 aromatic rings. The fraction of sp³-hybridized carbons (Fsp3) is 0.412. The van der Waals surface area contributed by atoms with Crippen LogP contribution in [0.4, 0.5) is 5.13 Å². The first kappa shape index (κ1) is 15.8. The summed E-state index contributed by atoms with van der Waals surface area (Å²) in [4.78, 5) is 18.8. The summed E-state index contributed by atoms with van der Waals surface area (Å²) in [6.07, 6.45) is 3.16. The van der Waals surface area contributed by atoms with Crippen molar-refractivity contribution in [3.8, 4) is 5.75 Å². The summed E-state index contributed by atoms with van der Waals surface area (Å²) in [7, 11) is 1.66. The second-order valence-corrected chi connectivity index (χ2v) is 6.59. The molecule has 0 aliphatic carbocycles. The number of amides is 1. The molecule has 1 aromatic heterocycles. The van der Waals surface area contributed by atoms with Gasteiger partial charge in [-0.2, -0.15) is 0 Å². The second kappa shape index (κ2) is 7.00. The number of hydrogen-bond acceptors (Lipinski definition) is 5. The lowest BCUT2D eigenvalue weighted by atomic mass is 10.0. The number of carbonyl (C=O) groups excluding carboxylic acids is 1. The number of methoxy groups -OCH3 is 1. The molecule has 0 saturated carbocycles. The van der Waals surface area contributed by atoms with Gasteiger partial charge in [0.15, 0.2) is 5.13 Å². The smallest absolute Gasteiger partial charge is 0.223 e. The van der Waals surface area contributed by atoms with Gasteiger partial charge < -0.3 is 15.4 Å². The number of benzene rings is 1. The van der Waals surface area contributed by atoms with Crippen molar-refractivity contribution in [1.82, 2.24) is 9.88 Å². The minimum Gasteiger partial charge on any atom is -0.497 e. The third-order valence-electron chi connectivity index (χ3n) is 4.22. The molecule has 1 aromatic carbocycles. The van der Waals surface area contributed by atoms with Crippen molar-refractivity contribution < 1.29 is 9.53 Å². The summed E-state index contributed by atoms with van der Waals surface area (Å²) in [5.74, 6) is 1.02. The largest absolute Gasteiger partial charge is 0.497 e. The van der Waals surface area contributed by atoms with E-state index in [-0.39, 0.29) is 11.9 Å². The molecule has 0 spiro atoms. The standard InChI is InChI=1S/C17H21N3O2S/c1-22-14-5-2-4-12(10-14)15-6-3-9-20(15)16(21)8-7-13-11-23-17(18)19-13/h2,4-5,10-11,15H,3,6-9H2,1H3,(H2,18,19). The third kappa shape index (κ3) is 3.64. The molecule has 1 unspecified atom stereocenters. The SMILES string of the molecule is COc1cccc(C2CCCN2C(=O)CCc2csc(N)n2)c1. The Morgan fingerprint density at radius 3 is 3.13 bits per heavy atom. The number of thiazole rings is 1. The Morgan fingerprint density at radius 1 is 1.52 bits per heavy atom. The molecule has 3 rings (SSSR count). The Morgan fingerprint density at radius 2 is 2.39 bits per heavy atom. The zero-order valence-corrected chi connectivity index (χ0v) is 14.0. The van der Waals surface area contributed by atoms with Crippen molar-refractivity contribution >= 4 is 22.4 Å². The summed E-state index contributed by atoms with van der Waals surface area (Å²) in [5, 5.41) is 2.48. The number of nitrogen functional groups attached to an aromatic ring is 1. The monoisotopic (exact) mass is 331 g/mol. The fourth-order valence-corrected chi connectivity index (χ4v) is 3.67. The molecule has 122 valence electrons. The average molecular weight is 331 g/mol. The summed E-state index contributed by atoms with van der Waals surface area (Å²) < 4.78 is 5.30. The topological polar surface area (TPSA) is 68.5 Å². The van der Waals surface area contributed by atoms with Gasteiger partial charge in [0.2, 0.25) is 5.91 Å². The van der Waals surface area contributed by atoms with Gasteiger partial charge in [-0.1, -0.05) is 12.1 Å². The predicted octanol–water partition coefficient (Wildman–Crippen LogP) is 3.03. The number of anilines is 1. The van der Waals surface area contributed by atoms with E-state index in [1.165, 1.54) is 11.3 Å². The highest BCUT2D eigenvalue weighted by atomic mass is 32.1. The van der Waals surface area contributed by atoms with Crippen LogP contribution in [0, 0.1) is 0 Å². The molecular weight excluding hydrogens is 310 g/mol. The Bertz CT molecular complexity index is 686. The molecule has 1 amide bonds. The van der Waals surface area contributed by atoms with E-state index in [0.717, 1.165) is 36.4 Å². The van der Waals surface area contributed by atoms with Crippen LogP contribution in [0.5, 0.6) is 5.75 Å². The Kier molecular flexibility index (Phi) is 4.81. The van der Waals surface area contributed by atoms with Gasteiger partial charge in [-0.25, -0.2) is 4.98 Å². The van der Waals surface area contributed by atoms with Crippen LogP contribution in [0.1, 0.15) is 36.6 Å². The van der Waals surface area contributed by atoms with E-state index in [1.54, 1.807) is 7.11 Å². The Labute approximate surface area is 140 Å². The van der Waals surface area contributed by atoms with Gasteiger partial charge in [-0.05, 0) is 37.0 Å². The maximum atomic E-state index is 12.6. The summed E-state index contributed by atoms with van der Waals surface area (Å²) >= 11 is 1.42. The molecule has 1 aliphatic rings. The molecule has 1 saturated heterocycles. The van der Waals surface area contributed by atoms with Crippen LogP contribution in [-0.2, 0) is 11.2 Å². The molecular formula is C17H21N3O2S. The number of aryl methyl sites for hydroxylation is 1. The minimum absolute atomic E-state index is 0.151. The van der Waals surface area contributed by atoms with Gasteiger partial charge in [-0.15, -0.1) is 11.3 Å². The normalized spacial score (nSPS) is 17.4. The number of hydrogen-bond donors (Lipinski definition) is 1. The van der Waals surface area contributed by atoms with Crippen molar-refractivity contribution in [2.45, 2.75) is 31.7 Å². The maximum absolute atomic E-state index is 12.6. The summed E-state index contributed by atoms with van der Waals surface area (Å²) in [6, 6.07) is 8.15. The fourth-order valence-electron chi connectivity index (χ4n) is 3.08.